The molecule has 0 aromatic carbocycles. The summed E-state index contributed by atoms with van der Waals surface area (Å²) in [6.07, 6.45) is 4.86. The fourth-order valence-electron chi connectivity index (χ4n) is 2.06. The molecule has 0 radical (unpaired) electrons. The van der Waals surface area contributed by atoms with Gasteiger partial charge < -0.3 is 10.3 Å². The first kappa shape index (κ1) is 10.6. The fraction of sp³-hybridized carbons (Fsp3) is 0.727. The van der Waals surface area contributed by atoms with E-state index in [-0.39, 0.29) is 0 Å². The van der Waals surface area contributed by atoms with Gasteiger partial charge >= 0.3 is 0 Å². The van der Waals surface area contributed by atoms with Crippen LogP contribution in [0.1, 0.15) is 26.0 Å². The van der Waals surface area contributed by atoms with Gasteiger partial charge in [-0.3, -0.25) is 4.90 Å². The predicted molar refractivity (Wildman–Crippen MR) is 60.5 cm³/mol. The Morgan fingerprint density at radius 1 is 1.67 bits per heavy atom. The molecule has 84 valence electrons. The Morgan fingerprint density at radius 3 is 3.13 bits per heavy atom. The highest BCUT2D eigenvalue weighted by molar-refractivity contribution is 4.94. The van der Waals surface area contributed by atoms with Crippen molar-refractivity contribution in [2.24, 2.45) is 0 Å². The van der Waals surface area contributed by atoms with Crippen molar-refractivity contribution in [1.82, 2.24) is 20.2 Å². The van der Waals surface area contributed by atoms with E-state index >= 15 is 0 Å². The van der Waals surface area contributed by atoms with Crippen LogP contribution in [0.4, 0.5) is 0 Å². The van der Waals surface area contributed by atoms with Gasteiger partial charge in [0.25, 0.3) is 0 Å². The topological polar surface area (TPSA) is 44.0 Å². The molecule has 1 saturated heterocycles. The van der Waals surface area contributed by atoms with Crippen LogP contribution in [0.3, 0.4) is 0 Å². The third kappa shape index (κ3) is 2.79. The third-order valence-electron chi connectivity index (χ3n) is 3.09. The molecule has 2 heterocycles. The molecule has 0 aliphatic carbocycles. The van der Waals surface area contributed by atoms with Gasteiger partial charge in [0.15, 0.2) is 0 Å². The van der Waals surface area contributed by atoms with Gasteiger partial charge in [-0.25, -0.2) is 4.98 Å². The van der Waals surface area contributed by atoms with Crippen LogP contribution < -0.4 is 5.32 Å². The summed E-state index contributed by atoms with van der Waals surface area (Å²) in [5, 5.41) is 3.56. The number of nitrogens with one attached hydrogen (secondary N) is 2. The zero-order valence-electron chi connectivity index (χ0n) is 9.53. The fourth-order valence-corrected chi connectivity index (χ4v) is 2.06. The zero-order valence-corrected chi connectivity index (χ0v) is 9.53. The van der Waals surface area contributed by atoms with Crippen LogP contribution in [0.25, 0.3) is 0 Å². The molecule has 1 aromatic rings. The maximum absolute atomic E-state index is 4.00. The Bertz CT molecular complexity index is 281. The van der Waals surface area contributed by atoms with Gasteiger partial charge in [0.2, 0.25) is 0 Å². The van der Waals surface area contributed by atoms with Crippen molar-refractivity contribution in [3.63, 3.8) is 0 Å². The lowest BCUT2D eigenvalue weighted by atomic mass is 10.2. The van der Waals surface area contributed by atoms with E-state index in [1.54, 1.807) is 6.33 Å². The molecule has 15 heavy (non-hydrogen) atoms. The van der Waals surface area contributed by atoms with Crippen molar-refractivity contribution in [3.8, 4) is 0 Å². The molecule has 4 heteroatoms. The van der Waals surface area contributed by atoms with Crippen LogP contribution in [0.5, 0.6) is 0 Å². The summed E-state index contributed by atoms with van der Waals surface area (Å²) in [6.45, 7) is 7.81. The average Bonchev–Trinajstić information content (AvgIpc) is 2.86. The second-order valence-corrected chi connectivity index (χ2v) is 4.53. The molecule has 2 N–H and O–H groups in total. The van der Waals surface area contributed by atoms with Gasteiger partial charge in [0.1, 0.15) is 0 Å². The van der Waals surface area contributed by atoms with Crippen molar-refractivity contribution < 1.29 is 0 Å². The first-order valence-electron chi connectivity index (χ1n) is 5.70. The van der Waals surface area contributed by atoms with E-state index in [1.807, 2.05) is 6.20 Å². The number of rotatable bonds is 4. The zero-order chi connectivity index (χ0) is 10.7. The van der Waals surface area contributed by atoms with Crippen molar-refractivity contribution in [1.29, 1.82) is 0 Å². The maximum atomic E-state index is 4.00. The van der Waals surface area contributed by atoms with Gasteiger partial charge in [-0.05, 0) is 26.8 Å². The van der Waals surface area contributed by atoms with E-state index in [0.717, 1.165) is 12.2 Å². The van der Waals surface area contributed by atoms with E-state index in [4.69, 9.17) is 0 Å². The summed E-state index contributed by atoms with van der Waals surface area (Å²) in [6, 6.07) is 1.31. The number of nitrogens with zero attached hydrogens (tertiary/aromatic N) is 2. The molecule has 0 spiro atoms. The molecule has 1 fully saturated rings. The lowest BCUT2D eigenvalue weighted by Crippen LogP contribution is -2.34. The second kappa shape index (κ2) is 4.77. The largest absolute Gasteiger partial charge is 0.347 e. The molecule has 1 aliphatic heterocycles. The minimum atomic E-state index is 0.635. The minimum Gasteiger partial charge on any atom is -0.347 e. The number of aromatic nitrogens is 2. The highest BCUT2D eigenvalue weighted by Gasteiger charge is 2.23. The summed E-state index contributed by atoms with van der Waals surface area (Å²) in [5.74, 6) is 0. The van der Waals surface area contributed by atoms with Crippen LogP contribution in [-0.4, -0.2) is 40.0 Å². The Hall–Kier alpha value is -0.870. The maximum Gasteiger partial charge on any atom is 0.0922 e. The molecule has 0 amide bonds. The quantitative estimate of drug-likeness (QED) is 0.775. The standard InChI is InChI=1S/C11H20N4/c1-9(2)15-4-3-10(7-15)13-6-11-5-12-8-14-11/h5,8-10,13H,3-4,6-7H2,1-2H3,(H,12,14). The number of H-pyrrole nitrogens is 1. The molecule has 0 bridgehead atoms. The van der Waals surface area contributed by atoms with Crippen LogP contribution in [-0.2, 0) is 6.54 Å². The van der Waals surface area contributed by atoms with Crippen LogP contribution in [0.15, 0.2) is 12.5 Å². The lowest BCUT2D eigenvalue weighted by molar-refractivity contribution is 0.268. The summed E-state index contributed by atoms with van der Waals surface area (Å²) in [5.41, 5.74) is 1.16. The molecule has 1 aliphatic rings. The van der Waals surface area contributed by atoms with Gasteiger partial charge in [-0.15, -0.1) is 0 Å². The molecule has 1 aromatic heterocycles. The van der Waals surface area contributed by atoms with Gasteiger partial charge in [-0.2, -0.15) is 0 Å². The molecule has 1 atom stereocenters. The molecule has 0 saturated carbocycles. The van der Waals surface area contributed by atoms with Crippen molar-refractivity contribution in [2.45, 2.75) is 38.9 Å². The summed E-state index contributed by atoms with van der Waals surface area (Å²) in [4.78, 5) is 9.63. The number of imidazole rings is 1. The van der Waals surface area contributed by atoms with Crippen molar-refractivity contribution in [2.75, 3.05) is 13.1 Å². The monoisotopic (exact) mass is 208 g/mol. The second-order valence-electron chi connectivity index (χ2n) is 4.53. The number of hydrogen-bond donors (Lipinski definition) is 2. The molecule has 2 rings (SSSR count). The molecule has 4 nitrogen and oxygen atoms in total. The molecular weight excluding hydrogens is 188 g/mol. The average molecular weight is 208 g/mol. The third-order valence-corrected chi connectivity index (χ3v) is 3.09. The van der Waals surface area contributed by atoms with Gasteiger partial charge in [-0.1, -0.05) is 0 Å². The Labute approximate surface area is 91.1 Å². The molecular formula is C11H20N4. The van der Waals surface area contributed by atoms with Crippen LogP contribution in [0.2, 0.25) is 0 Å². The number of aromatic amines is 1. The summed E-state index contributed by atoms with van der Waals surface area (Å²) < 4.78 is 0. The Balaban J connectivity index is 1.73. The Morgan fingerprint density at radius 2 is 2.53 bits per heavy atom. The Kier molecular flexibility index (Phi) is 3.38. The lowest BCUT2D eigenvalue weighted by Gasteiger charge is -2.20. The summed E-state index contributed by atoms with van der Waals surface area (Å²) >= 11 is 0. The molecule has 1 unspecified atom stereocenters. The van der Waals surface area contributed by atoms with E-state index in [1.165, 1.54) is 19.5 Å². The van der Waals surface area contributed by atoms with Crippen molar-refractivity contribution >= 4 is 0 Å². The number of likely N-dealkylation sites (tertiary alicyclic amines) is 1. The normalized spacial score (nSPS) is 22.7. The highest BCUT2D eigenvalue weighted by Crippen LogP contribution is 2.12. The highest BCUT2D eigenvalue weighted by atomic mass is 15.2. The summed E-state index contributed by atoms with van der Waals surface area (Å²) in [7, 11) is 0. The number of hydrogen-bond acceptors (Lipinski definition) is 3. The van der Waals surface area contributed by atoms with E-state index in [2.05, 4.69) is 34.0 Å². The SMILES string of the molecule is CC(C)N1CCC(NCc2cnc[nH]2)C1. The predicted octanol–water partition coefficient (Wildman–Crippen LogP) is 0.982. The van der Waals surface area contributed by atoms with E-state index in [0.29, 0.717) is 12.1 Å². The van der Waals surface area contributed by atoms with Crippen LogP contribution in [0, 0.1) is 0 Å². The minimum absolute atomic E-state index is 0.635. The smallest absolute Gasteiger partial charge is 0.0922 e. The van der Waals surface area contributed by atoms with Crippen molar-refractivity contribution in [3.05, 3.63) is 18.2 Å². The van der Waals surface area contributed by atoms with Gasteiger partial charge in [0.05, 0.1) is 6.33 Å². The van der Waals surface area contributed by atoms with Crippen LogP contribution >= 0.6 is 0 Å². The van der Waals surface area contributed by atoms with Gasteiger partial charge in [0, 0.05) is 37.1 Å². The first-order chi connectivity index (χ1) is 7.25. The first-order valence-corrected chi connectivity index (χ1v) is 5.70. The van der Waals surface area contributed by atoms with E-state index < -0.39 is 0 Å². The van der Waals surface area contributed by atoms with E-state index in [9.17, 15) is 0 Å².